The van der Waals surface area contributed by atoms with Crippen molar-refractivity contribution in [2.75, 3.05) is 7.11 Å². The molecule has 1 radical (unpaired) electrons. The Bertz CT molecular complexity index is 867. The Morgan fingerprint density at radius 1 is 1.20 bits per heavy atom. The standard InChI is InChI=1S/C18H23N2O4Se/c1-17(2)12(14(16(22)24-5)18(3,4)20(17)23)10-19-15(21)11-8-6-7-9-13(11)25-19/h6-9,12,14H,10H2,1-5H3. The van der Waals surface area contributed by atoms with E-state index in [9.17, 15) is 14.8 Å². The maximum absolute atomic E-state index is 12.9. The van der Waals surface area contributed by atoms with Crippen LogP contribution in [0, 0.1) is 11.8 Å². The summed E-state index contributed by atoms with van der Waals surface area (Å²) in [6.07, 6.45) is 0. The zero-order valence-electron chi connectivity index (χ0n) is 15.1. The van der Waals surface area contributed by atoms with E-state index in [4.69, 9.17) is 4.74 Å². The molecule has 2 aromatic rings. The topological polar surface area (TPSA) is 71.4 Å². The number of ether oxygens (including phenoxy) is 1. The van der Waals surface area contributed by atoms with Crippen molar-refractivity contribution in [3.63, 3.8) is 0 Å². The van der Waals surface area contributed by atoms with Gasteiger partial charge in [0, 0.05) is 0 Å². The van der Waals surface area contributed by atoms with Gasteiger partial charge >= 0.3 is 153 Å². The van der Waals surface area contributed by atoms with Gasteiger partial charge in [-0.2, -0.15) is 0 Å². The van der Waals surface area contributed by atoms with Gasteiger partial charge in [0.1, 0.15) is 0 Å². The number of rotatable bonds is 3. The third-order valence-corrected chi connectivity index (χ3v) is 7.77. The van der Waals surface area contributed by atoms with Gasteiger partial charge in [-0.15, -0.1) is 0 Å². The summed E-state index contributed by atoms with van der Waals surface area (Å²) in [6, 6.07) is 7.58. The summed E-state index contributed by atoms with van der Waals surface area (Å²) >= 11 is -0.134. The van der Waals surface area contributed by atoms with Crippen LogP contribution in [0.5, 0.6) is 0 Å². The number of fused-ring (bicyclic) bond motifs is 1. The Hall–Kier alpha value is -1.40. The molecule has 2 unspecified atom stereocenters. The average molecular weight is 410 g/mol. The molecule has 0 spiro atoms. The van der Waals surface area contributed by atoms with Crippen molar-refractivity contribution in [1.29, 1.82) is 0 Å². The molecular weight excluding hydrogens is 387 g/mol. The molecule has 2 atom stereocenters. The fourth-order valence-electron chi connectivity index (χ4n) is 4.14. The zero-order valence-corrected chi connectivity index (χ0v) is 16.8. The summed E-state index contributed by atoms with van der Waals surface area (Å²) in [5.74, 6) is -1.28. The molecule has 135 valence electrons. The first kappa shape index (κ1) is 18.4. The number of hydrogen-bond donors (Lipinski definition) is 0. The van der Waals surface area contributed by atoms with Gasteiger partial charge in [0.25, 0.3) is 0 Å². The second-order valence-electron chi connectivity index (χ2n) is 7.66. The molecule has 2 heterocycles. The van der Waals surface area contributed by atoms with E-state index in [-0.39, 0.29) is 26.2 Å². The van der Waals surface area contributed by atoms with Crippen molar-refractivity contribution in [2.45, 2.75) is 45.3 Å². The van der Waals surface area contributed by atoms with Crippen LogP contribution in [-0.2, 0) is 21.3 Å². The quantitative estimate of drug-likeness (QED) is 0.570. The van der Waals surface area contributed by atoms with E-state index in [0.29, 0.717) is 6.54 Å². The second-order valence-corrected chi connectivity index (χ2v) is 9.89. The minimum atomic E-state index is -0.885. The molecule has 1 aliphatic rings. The van der Waals surface area contributed by atoms with Gasteiger partial charge in [-0.3, -0.25) is 0 Å². The predicted octanol–water partition coefficient (Wildman–Crippen LogP) is 1.68. The summed E-state index contributed by atoms with van der Waals surface area (Å²) < 4.78 is 7.84. The minimum absolute atomic E-state index is 0.0165. The molecule has 0 bridgehead atoms. The van der Waals surface area contributed by atoms with E-state index in [1.165, 1.54) is 7.11 Å². The van der Waals surface area contributed by atoms with Crippen molar-refractivity contribution in [2.24, 2.45) is 11.8 Å². The monoisotopic (exact) mass is 411 g/mol. The van der Waals surface area contributed by atoms with Crippen molar-refractivity contribution in [1.82, 2.24) is 8.63 Å². The predicted molar refractivity (Wildman–Crippen MR) is 94.8 cm³/mol. The Kier molecular flexibility index (Phi) is 4.48. The maximum atomic E-state index is 12.9. The third-order valence-electron chi connectivity index (χ3n) is 5.49. The van der Waals surface area contributed by atoms with Crippen LogP contribution >= 0.6 is 0 Å². The van der Waals surface area contributed by atoms with E-state index in [2.05, 4.69) is 0 Å². The molecule has 25 heavy (non-hydrogen) atoms. The second kappa shape index (κ2) is 6.09. The van der Waals surface area contributed by atoms with Gasteiger partial charge in [0.2, 0.25) is 0 Å². The van der Waals surface area contributed by atoms with Crippen LogP contribution in [-0.4, -0.2) is 47.5 Å². The Labute approximate surface area is 152 Å². The van der Waals surface area contributed by atoms with Crippen LogP contribution < -0.4 is 5.56 Å². The number of nitrogens with zero attached hydrogens (tertiary/aromatic N) is 2. The van der Waals surface area contributed by atoms with E-state index in [1.807, 2.05) is 38.1 Å². The van der Waals surface area contributed by atoms with Crippen molar-refractivity contribution in [3.8, 4) is 0 Å². The number of benzene rings is 1. The Morgan fingerprint density at radius 3 is 2.44 bits per heavy atom. The number of aromatic nitrogens is 1. The molecule has 3 rings (SSSR count). The molecule has 1 fully saturated rings. The summed E-state index contributed by atoms with van der Waals surface area (Å²) in [4.78, 5) is 25.2. The molecule has 1 saturated heterocycles. The van der Waals surface area contributed by atoms with Gasteiger partial charge in [-0.25, -0.2) is 0 Å². The van der Waals surface area contributed by atoms with Gasteiger partial charge in [-0.05, 0) is 0 Å². The average Bonchev–Trinajstić information content (AvgIpc) is 2.94. The van der Waals surface area contributed by atoms with Crippen LogP contribution in [0.2, 0.25) is 0 Å². The number of hydroxylamine groups is 2. The summed E-state index contributed by atoms with van der Waals surface area (Å²) in [5, 5.41) is 14.6. The molecule has 0 N–H and O–H groups in total. The van der Waals surface area contributed by atoms with Crippen LogP contribution in [0.15, 0.2) is 29.1 Å². The van der Waals surface area contributed by atoms with Gasteiger partial charge in [0.05, 0.1) is 0 Å². The van der Waals surface area contributed by atoms with Crippen molar-refractivity contribution >= 4 is 30.3 Å². The molecular formula is C18H23N2O4Se. The van der Waals surface area contributed by atoms with E-state index in [0.717, 1.165) is 14.7 Å². The van der Waals surface area contributed by atoms with E-state index < -0.39 is 23.0 Å². The SMILES string of the molecule is COC(=O)C1C(Cn2[se]c3ccccc3c2=O)C(C)(C)N([O])C1(C)C. The normalized spacial score (nSPS) is 25.4. The van der Waals surface area contributed by atoms with E-state index >= 15 is 0 Å². The molecule has 1 aromatic carbocycles. The van der Waals surface area contributed by atoms with Crippen LogP contribution in [0.4, 0.5) is 0 Å². The third kappa shape index (κ3) is 2.70. The molecule has 0 aliphatic carbocycles. The molecule has 0 saturated carbocycles. The van der Waals surface area contributed by atoms with Gasteiger partial charge in [-0.1, -0.05) is 0 Å². The Balaban J connectivity index is 2.07. The van der Waals surface area contributed by atoms with Crippen molar-refractivity contribution < 1.29 is 14.7 Å². The fraction of sp³-hybridized carbons (Fsp3) is 0.556. The summed E-state index contributed by atoms with van der Waals surface area (Å²) in [6.45, 7) is 7.61. The Morgan fingerprint density at radius 2 is 1.84 bits per heavy atom. The van der Waals surface area contributed by atoms with E-state index in [1.54, 1.807) is 17.4 Å². The number of methoxy groups -OCH3 is 1. The van der Waals surface area contributed by atoms with Gasteiger partial charge < -0.3 is 0 Å². The molecule has 1 aliphatic heterocycles. The molecule has 0 amide bonds. The first-order chi connectivity index (χ1) is 11.6. The van der Waals surface area contributed by atoms with Gasteiger partial charge in [0.15, 0.2) is 0 Å². The fourth-order valence-corrected chi connectivity index (χ4v) is 6.34. The van der Waals surface area contributed by atoms with Crippen LogP contribution in [0.25, 0.3) is 9.65 Å². The first-order valence-corrected chi connectivity index (χ1v) is 9.88. The summed E-state index contributed by atoms with van der Waals surface area (Å²) in [5.41, 5.74) is -1.67. The number of hydrogen-bond acceptors (Lipinski definition) is 4. The van der Waals surface area contributed by atoms with Crippen molar-refractivity contribution in [3.05, 3.63) is 34.6 Å². The number of carbonyl (C=O) groups excluding carboxylic acids is 1. The molecule has 6 nitrogen and oxygen atoms in total. The van der Waals surface area contributed by atoms with Crippen LogP contribution in [0.1, 0.15) is 27.7 Å². The molecule has 7 heteroatoms. The number of carbonyl (C=O) groups is 1. The first-order valence-electron chi connectivity index (χ1n) is 8.26. The summed E-state index contributed by atoms with van der Waals surface area (Å²) in [7, 11) is 1.34. The number of esters is 1. The molecule has 1 aromatic heterocycles. The van der Waals surface area contributed by atoms with Crippen LogP contribution in [0.3, 0.4) is 0 Å². The zero-order chi connectivity index (χ0) is 18.6.